The lowest BCUT2D eigenvalue weighted by Gasteiger charge is -2.10. The second-order valence-electron chi connectivity index (χ2n) is 6.17. The van der Waals surface area contributed by atoms with Gasteiger partial charge in [0.05, 0.1) is 0 Å². The highest BCUT2D eigenvalue weighted by atomic mass is 16.5. The van der Waals surface area contributed by atoms with Gasteiger partial charge >= 0.3 is 0 Å². The standard InChI is InChI=1S/C22H23N3O/c23-11-10-16-4-2-9-21(13-16)26-15-17-5-1-6-18(12-17)19-7-3-8-20(14-19)22(24)25/h1-9,12-14H,10-11,15,23H2,(H3,24,25). The highest BCUT2D eigenvalue weighted by Gasteiger charge is 2.04. The Morgan fingerprint density at radius 2 is 1.54 bits per heavy atom. The average Bonchev–Trinajstić information content (AvgIpc) is 2.67. The monoisotopic (exact) mass is 345 g/mol. The lowest BCUT2D eigenvalue weighted by Crippen LogP contribution is -2.10. The number of nitrogens with two attached hydrogens (primary N) is 2. The van der Waals surface area contributed by atoms with Gasteiger partial charge in [0.15, 0.2) is 0 Å². The van der Waals surface area contributed by atoms with Crippen LogP contribution >= 0.6 is 0 Å². The topological polar surface area (TPSA) is 85.1 Å². The van der Waals surface area contributed by atoms with Crippen LogP contribution in [0.4, 0.5) is 0 Å². The van der Waals surface area contributed by atoms with Crippen molar-refractivity contribution in [2.45, 2.75) is 13.0 Å². The maximum atomic E-state index is 7.60. The smallest absolute Gasteiger partial charge is 0.122 e. The molecule has 0 bridgehead atoms. The molecule has 3 aromatic rings. The zero-order valence-corrected chi connectivity index (χ0v) is 14.6. The minimum atomic E-state index is 0.0729. The molecule has 5 N–H and O–H groups in total. The van der Waals surface area contributed by atoms with Crippen LogP contribution in [0.5, 0.6) is 5.75 Å². The molecule has 4 nitrogen and oxygen atoms in total. The summed E-state index contributed by atoms with van der Waals surface area (Å²) in [7, 11) is 0. The van der Waals surface area contributed by atoms with Crippen molar-refractivity contribution in [1.82, 2.24) is 0 Å². The van der Waals surface area contributed by atoms with E-state index in [0.29, 0.717) is 13.2 Å². The molecule has 4 heteroatoms. The fourth-order valence-electron chi connectivity index (χ4n) is 2.83. The molecular weight excluding hydrogens is 322 g/mol. The van der Waals surface area contributed by atoms with E-state index in [-0.39, 0.29) is 5.84 Å². The molecule has 0 aliphatic carbocycles. The fraction of sp³-hybridized carbons (Fsp3) is 0.136. The molecule has 0 saturated heterocycles. The van der Waals surface area contributed by atoms with Gasteiger partial charge in [0.2, 0.25) is 0 Å². The van der Waals surface area contributed by atoms with Gasteiger partial charge in [-0.05, 0) is 59.5 Å². The van der Waals surface area contributed by atoms with Gasteiger partial charge in [-0.25, -0.2) is 0 Å². The molecule has 0 unspecified atom stereocenters. The van der Waals surface area contributed by atoms with Crippen molar-refractivity contribution in [2.75, 3.05) is 6.54 Å². The zero-order valence-electron chi connectivity index (χ0n) is 14.6. The van der Waals surface area contributed by atoms with Crippen LogP contribution < -0.4 is 16.2 Å². The van der Waals surface area contributed by atoms with E-state index in [2.05, 4.69) is 12.1 Å². The molecule has 0 atom stereocenters. The molecule has 132 valence electrons. The highest BCUT2D eigenvalue weighted by molar-refractivity contribution is 5.96. The number of hydrogen-bond donors (Lipinski definition) is 3. The van der Waals surface area contributed by atoms with Gasteiger partial charge in [-0.3, -0.25) is 5.41 Å². The lowest BCUT2D eigenvalue weighted by molar-refractivity contribution is 0.306. The second-order valence-corrected chi connectivity index (χ2v) is 6.17. The third-order valence-corrected chi connectivity index (χ3v) is 4.17. The number of hydrogen-bond acceptors (Lipinski definition) is 3. The summed E-state index contributed by atoms with van der Waals surface area (Å²) in [6.45, 7) is 1.12. The third-order valence-electron chi connectivity index (χ3n) is 4.17. The number of nitrogen functional groups attached to an aromatic ring is 1. The molecule has 0 aliphatic rings. The van der Waals surface area contributed by atoms with E-state index in [9.17, 15) is 0 Å². The number of ether oxygens (including phenoxy) is 1. The molecule has 0 heterocycles. The summed E-state index contributed by atoms with van der Waals surface area (Å²) < 4.78 is 5.94. The molecule has 3 aromatic carbocycles. The van der Waals surface area contributed by atoms with Gasteiger partial charge in [0.1, 0.15) is 18.2 Å². The van der Waals surface area contributed by atoms with Gasteiger partial charge in [0.25, 0.3) is 0 Å². The number of benzene rings is 3. The molecule has 0 spiro atoms. The van der Waals surface area contributed by atoms with Crippen molar-refractivity contribution in [3.05, 3.63) is 89.5 Å². The number of nitrogens with one attached hydrogen (secondary N) is 1. The highest BCUT2D eigenvalue weighted by Crippen LogP contribution is 2.23. The van der Waals surface area contributed by atoms with Crippen molar-refractivity contribution >= 4 is 5.84 Å². The van der Waals surface area contributed by atoms with Crippen LogP contribution in [0.1, 0.15) is 16.7 Å². The Bertz CT molecular complexity index is 905. The number of rotatable bonds is 7. The summed E-state index contributed by atoms with van der Waals surface area (Å²) in [6.07, 6.45) is 0.846. The Morgan fingerprint density at radius 1 is 0.846 bits per heavy atom. The van der Waals surface area contributed by atoms with Crippen molar-refractivity contribution < 1.29 is 4.74 Å². The Hall–Kier alpha value is -3.11. The SMILES string of the molecule is N=C(N)c1cccc(-c2cccc(COc3cccc(CCN)c3)c2)c1. The summed E-state index contributed by atoms with van der Waals surface area (Å²) in [4.78, 5) is 0. The molecule has 26 heavy (non-hydrogen) atoms. The average molecular weight is 345 g/mol. The van der Waals surface area contributed by atoms with Crippen molar-refractivity contribution in [2.24, 2.45) is 11.5 Å². The van der Waals surface area contributed by atoms with Crippen LogP contribution in [0.25, 0.3) is 11.1 Å². The first-order valence-corrected chi connectivity index (χ1v) is 8.61. The van der Waals surface area contributed by atoms with E-state index in [1.54, 1.807) is 0 Å². The first kappa shape index (κ1) is 17.7. The Labute approximate surface area is 153 Å². The van der Waals surface area contributed by atoms with E-state index >= 15 is 0 Å². The quantitative estimate of drug-likeness (QED) is 0.451. The molecule has 3 rings (SSSR count). The summed E-state index contributed by atoms with van der Waals surface area (Å²) in [5.74, 6) is 0.920. The molecular formula is C22H23N3O. The Kier molecular flexibility index (Phi) is 5.66. The number of amidine groups is 1. The lowest BCUT2D eigenvalue weighted by atomic mass is 10.0. The zero-order chi connectivity index (χ0) is 18.4. The molecule has 0 radical (unpaired) electrons. The maximum Gasteiger partial charge on any atom is 0.122 e. The Morgan fingerprint density at radius 3 is 2.31 bits per heavy atom. The normalized spacial score (nSPS) is 10.5. The predicted molar refractivity (Wildman–Crippen MR) is 106 cm³/mol. The molecule has 0 aromatic heterocycles. The minimum Gasteiger partial charge on any atom is -0.489 e. The van der Waals surface area contributed by atoms with Gasteiger partial charge in [0, 0.05) is 5.56 Å². The third kappa shape index (κ3) is 4.49. The van der Waals surface area contributed by atoms with E-state index < -0.39 is 0 Å². The van der Waals surface area contributed by atoms with Crippen LogP contribution in [0.15, 0.2) is 72.8 Å². The minimum absolute atomic E-state index is 0.0729. The fourth-order valence-corrected chi connectivity index (χ4v) is 2.83. The summed E-state index contributed by atoms with van der Waals surface area (Å²) >= 11 is 0. The van der Waals surface area contributed by atoms with Crippen LogP contribution in [0.3, 0.4) is 0 Å². The largest absolute Gasteiger partial charge is 0.489 e. The summed E-state index contributed by atoms with van der Waals surface area (Å²) in [6, 6.07) is 23.9. The van der Waals surface area contributed by atoms with Crippen molar-refractivity contribution in [3.8, 4) is 16.9 Å². The molecule has 0 aliphatic heterocycles. The Balaban J connectivity index is 1.74. The van der Waals surface area contributed by atoms with Crippen LogP contribution in [0, 0.1) is 5.41 Å². The first-order chi connectivity index (χ1) is 12.7. The van der Waals surface area contributed by atoms with Crippen LogP contribution in [0.2, 0.25) is 0 Å². The van der Waals surface area contributed by atoms with Crippen molar-refractivity contribution in [3.63, 3.8) is 0 Å². The van der Waals surface area contributed by atoms with E-state index in [0.717, 1.165) is 34.4 Å². The first-order valence-electron chi connectivity index (χ1n) is 8.61. The van der Waals surface area contributed by atoms with Gasteiger partial charge in [-0.15, -0.1) is 0 Å². The molecule has 0 amide bonds. The van der Waals surface area contributed by atoms with Gasteiger partial charge in [-0.2, -0.15) is 0 Å². The van der Waals surface area contributed by atoms with Crippen LogP contribution in [-0.2, 0) is 13.0 Å². The molecule has 0 saturated carbocycles. The molecule has 0 fully saturated rings. The second kappa shape index (κ2) is 8.32. The van der Waals surface area contributed by atoms with Crippen molar-refractivity contribution in [1.29, 1.82) is 5.41 Å². The van der Waals surface area contributed by atoms with E-state index in [1.807, 2.05) is 60.7 Å². The summed E-state index contributed by atoms with van der Waals surface area (Å²) in [5, 5.41) is 7.60. The van der Waals surface area contributed by atoms with Crippen LogP contribution in [-0.4, -0.2) is 12.4 Å². The van der Waals surface area contributed by atoms with Gasteiger partial charge in [-0.1, -0.05) is 48.5 Å². The van der Waals surface area contributed by atoms with E-state index in [4.69, 9.17) is 21.6 Å². The van der Waals surface area contributed by atoms with Gasteiger partial charge < -0.3 is 16.2 Å². The maximum absolute atomic E-state index is 7.60. The summed E-state index contributed by atoms with van der Waals surface area (Å²) in [5.41, 5.74) is 16.3. The van der Waals surface area contributed by atoms with E-state index in [1.165, 1.54) is 5.56 Å². The predicted octanol–water partition coefficient (Wildman–Crippen LogP) is 3.72.